The highest BCUT2D eigenvalue weighted by molar-refractivity contribution is 9.11. The Hall–Kier alpha value is -1.36. The summed E-state index contributed by atoms with van der Waals surface area (Å²) in [5.41, 5.74) is 0.362. The van der Waals surface area contributed by atoms with Gasteiger partial charge >= 0.3 is 11.9 Å². The molecule has 0 aromatic heterocycles. The monoisotopic (exact) mass is 314 g/mol. The Kier molecular flexibility index (Phi) is 5.34. The lowest BCUT2D eigenvalue weighted by Crippen LogP contribution is -2.22. The van der Waals surface area contributed by atoms with Crippen molar-refractivity contribution in [2.75, 3.05) is 0 Å². The Morgan fingerprint density at radius 2 is 2.33 bits per heavy atom. The van der Waals surface area contributed by atoms with E-state index in [-0.39, 0.29) is 0 Å². The first-order valence-electron chi connectivity index (χ1n) is 5.62. The van der Waals surface area contributed by atoms with Crippen LogP contribution in [0, 0.1) is 0 Å². The van der Waals surface area contributed by atoms with Crippen LogP contribution < -0.4 is 0 Å². The number of halogens is 1. The Morgan fingerprint density at radius 3 is 2.78 bits per heavy atom. The van der Waals surface area contributed by atoms with E-state index in [1.54, 1.807) is 13.0 Å². The zero-order valence-electron chi connectivity index (χ0n) is 10.4. The van der Waals surface area contributed by atoms with Crippen molar-refractivity contribution in [2.24, 2.45) is 0 Å². The summed E-state index contributed by atoms with van der Waals surface area (Å²) < 4.78 is 10.9. The van der Waals surface area contributed by atoms with Crippen LogP contribution >= 0.6 is 15.9 Å². The molecular formula is C13H15BrO4. The number of hydrogen-bond acceptors (Lipinski definition) is 4. The summed E-state index contributed by atoms with van der Waals surface area (Å²) in [7, 11) is 0. The normalized spacial score (nSPS) is 18.8. The van der Waals surface area contributed by atoms with Gasteiger partial charge in [0, 0.05) is 10.6 Å². The van der Waals surface area contributed by atoms with Crippen LogP contribution in [0.2, 0.25) is 0 Å². The predicted molar refractivity (Wildman–Crippen MR) is 70.8 cm³/mol. The Balaban J connectivity index is 2.95. The molecule has 0 aromatic rings. The minimum absolute atomic E-state index is 0.362. The van der Waals surface area contributed by atoms with Crippen molar-refractivity contribution >= 4 is 27.9 Å². The summed E-state index contributed by atoms with van der Waals surface area (Å²) in [5, 5.41) is 0. The van der Waals surface area contributed by atoms with Crippen molar-refractivity contribution in [2.45, 2.75) is 32.8 Å². The summed E-state index contributed by atoms with van der Waals surface area (Å²) in [6, 6.07) is 0. The second-order valence-corrected chi connectivity index (χ2v) is 4.99. The molecule has 4 nitrogen and oxygen atoms in total. The van der Waals surface area contributed by atoms with Gasteiger partial charge in [-0.25, -0.2) is 9.59 Å². The third-order valence-electron chi connectivity index (χ3n) is 2.39. The molecule has 0 saturated heterocycles. The summed E-state index contributed by atoms with van der Waals surface area (Å²) in [6.45, 7) is 7.05. The van der Waals surface area contributed by atoms with Gasteiger partial charge in [-0.1, -0.05) is 35.9 Å². The molecule has 0 fully saturated rings. The van der Waals surface area contributed by atoms with Crippen LogP contribution in [-0.4, -0.2) is 18.0 Å². The lowest BCUT2D eigenvalue weighted by molar-refractivity contribution is -0.143. The second kappa shape index (κ2) is 6.54. The van der Waals surface area contributed by atoms with E-state index < -0.39 is 18.0 Å². The number of rotatable bonds is 5. The SMILES string of the molecule is C=CC(=O)OC(CCC)C1=C/C(=C(\C)Br)OC1=O. The maximum absolute atomic E-state index is 11.7. The average Bonchev–Trinajstić information content (AvgIpc) is 2.70. The van der Waals surface area contributed by atoms with Gasteiger partial charge in [0.05, 0.1) is 5.57 Å². The first kappa shape index (κ1) is 14.7. The van der Waals surface area contributed by atoms with Crippen molar-refractivity contribution in [3.05, 3.63) is 34.5 Å². The number of carbonyl (C=O) groups is 2. The fourth-order valence-corrected chi connectivity index (χ4v) is 1.71. The number of cyclic esters (lactones) is 1. The molecule has 1 aliphatic rings. The zero-order chi connectivity index (χ0) is 13.7. The quantitative estimate of drug-likeness (QED) is 0.578. The van der Waals surface area contributed by atoms with E-state index in [0.29, 0.717) is 17.8 Å². The van der Waals surface area contributed by atoms with Crippen molar-refractivity contribution < 1.29 is 19.1 Å². The third kappa shape index (κ3) is 3.57. The molecule has 0 N–H and O–H groups in total. The minimum Gasteiger partial charge on any atom is -0.454 e. The number of esters is 2. The van der Waals surface area contributed by atoms with E-state index in [9.17, 15) is 9.59 Å². The average molecular weight is 315 g/mol. The molecule has 1 rings (SSSR count). The molecule has 98 valence electrons. The van der Waals surface area contributed by atoms with Gasteiger partial charge in [-0.2, -0.15) is 0 Å². The molecule has 0 spiro atoms. The molecule has 0 amide bonds. The second-order valence-electron chi connectivity index (χ2n) is 3.81. The van der Waals surface area contributed by atoms with Crippen LogP contribution in [0.1, 0.15) is 26.7 Å². The summed E-state index contributed by atoms with van der Waals surface area (Å²) in [5.74, 6) is -0.569. The third-order valence-corrected chi connectivity index (χ3v) is 2.78. The summed E-state index contributed by atoms with van der Waals surface area (Å²) in [6.07, 6.45) is 3.44. The molecule has 0 saturated carbocycles. The number of allylic oxidation sites excluding steroid dienone is 2. The summed E-state index contributed by atoms with van der Waals surface area (Å²) >= 11 is 3.24. The number of carbonyl (C=O) groups excluding carboxylic acids is 2. The van der Waals surface area contributed by atoms with E-state index in [1.165, 1.54) is 0 Å². The highest BCUT2D eigenvalue weighted by atomic mass is 79.9. The fourth-order valence-electron chi connectivity index (χ4n) is 1.51. The zero-order valence-corrected chi connectivity index (χ0v) is 12.0. The molecule has 18 heavy (non-hydrogen) atoms. The van der Waals surface area contributed by atoms with Crippen LogP contribution in [0.15, 0.2) is 34.5 Å². The first-order valence-corrected chi connectivity index (χ1v) is 6.42. The molecule has 1 heterocycles. The molecule has 5 heteroatoms. The van der Waals surface area contributed by atoms with Crippen molar-refractivity contribution in [1.82, 2.24) is 0 Å². The van der Waals surface area contributed by atoms with E-state index in [4.69, 9.17) is 9.47 Å². The summed E-state index contributed by atoms with van der Waals surface area (Å²) in [4.78, 5) is 22.9. The molecule has 1 atom stereocenters. The largest absolute Gasteiger partial charge is 0.454 e. The van der Waals surface area contributed by atoms with Crippen LogP contribution in [0.4, 0.5) is 0 Å². The van der Waals surface area contributed by atoms with Crippen molar-refractivity contribution in [3.63, 3.8) is 0 Å². The molecule has 1 aliphatic heterocycles. The van der Waals surface area contributed by atoms with Gasteiger partial charge in [0.1, 0.15) is 11.9 Å². The van der Waals surface area contributed by atoms with Gasteiger partial charge in [0.15, 0.2) is 0 Å². The first-order chi connectivity index (χ1) is 8.49. The van der Waals surface area contributed by atoms with E-state index in [0.717, 1.165) is 17.0 Å². The van der Waals surface area contributed by atoms with Crippen LogP contribution in [0.5, 0.6) is 0 Å². The van der Waals surface area contributed by atoms with Crippen LogP contribution in [0.3, 0.4) is 0 Å². The van der Waals surface area contributed by atoms with Gasteiger partial charge in [-0.15, -0.1) is 0 Å². The van der Waals surface area contributed by atoms with Gasteiger partial charge in [-0.3, -0.25) is 0 Å². The van der Waals surface area contributed by atoms with Crippen LogP contribution in [0.25, 0.3) is 0 Å². The predicted octanol–water partition coefficient (Wildman–Crippen LogP) is 2.99. The lowest BCUT2D eigenvalue weighted by Gasteiger charge is -2.15. The maximum atomic E-state index is 11.7. The molecule has 0 aliphatic carbocycles. The van der Waals surface area contributed by atoms with E-state index in [2.05, 4.69) is 22.5 Å². The fraction of sp³-hybridized carbons (Fsp3) is 0.385. The van der Waals surface area contributed by atoms with E-state index >= 15 is 0 Å². The number of ether oxygens (including phenoxy) is 2. The highest BCUT2D eigenvalue weighted by Crippen LogP contribution is 2.27. The minimum atomic E-state index is -0.586. The van der Waals surface area contributed by atoms with Gasteiger partial charge in [-0.05, 0) is 19.4 Å². The lowest BCUT2D eigenvalue weighted by atomic mass is 10.1. The maximum Gasteiger partial charge on any atom is 0.343 e. The molecular weight excluding hydrogens is 300 g/mol. The van der Waals surface area contributed by atoms with Crippen molar-refractivity contribution in [3.8, 4) is 0 Å². The van der Waals surface area contributed by atoms with Gasteiger partial charge < -0.3 is 9.47 Å². The Bertz CT molecular complexity index is 430. The number of hydrogen-bond donors (Lipinski definition) is 0. The molecule has 1 unspecified atom stereocenters. The standard InChI is InChI=1S/C13H15BrO4/c1-4-6-10(17-12(15)5-2)9-7-11(8(3)14)18-13(9)16/h5,7,10H,2,4,6H2,1,3H3/b11-8-. The van der Waals surface area contributed by atoms with Gasteiger partial charge in [0.2, 0.25) is 0 Å². The topological polar surface area (TPSA) is 52.6 Å². The highest BCUT2D eigenvalue weighted by Gasteiger charge is 2.30. The van der Waals surface area contributed by atoms with Crippen molar-refractivity contribution in [1.29, 1.82) is 0 Å². The molecule has 0 radical (unpaired) electrons. The Labute approximate surface area is 114 Å². The van der Waals surface area contributed by atoms with E-state index in [1.807, 2.05) is 6.92 Å². The molecule has 0 bridgehead atoms. The van der Waals surface area contributed by atoms with Gasteiger partial charge in [0.25, 0.3) is 0 Å². The van der Waals surface area contributed by atoms with Crippen LogP contribution in [-0.2, 0) is 19.1 Å². The Morgan fingerprint density at radius 1 is 1.67 bits per heavy atom. The smallest absolute Gasteiger partial charge is 0.343 e. The molecule has 0 aromatic carbocycles.